The molecule has 0 bridgehead atoms. The molecule has 1 saturated heterocycles. The van der Waals surface area contributed by atoms with Crippen LogP contribution in [-0.4, -0.2) is 25.3 Å². The molecule has 19 heavy (non-hydrogen) atoms. The van der Waals surface area contributed by atoms with E-state index in [4.69, 9.17) is 4.74 Å². The predicted octanol–water partition coefficient (Wildman–Crippen LogP) is 3.26. The van der Waals surface area contributed by atoms with Gasteiger partial charge in [-0.1, -0.05) is 31.2 Å². The van der Waals surface area contributed by atoms with Gasteiger partial charge < -0.3 is 10.1 Å². The van der Waals surface area contributed by atoms with Crippen LogP contribution in [-0.2, 0) is 11.2 Å². The maximum absolute atomic E-state index is 5.79. The van der Waals surface area contributed by atoms with Gasteiger partial charge in [0.25, 0.3) is 0 Å². The van der Waals surface area contributed by atoms with E-state index in [0.29, 0.717) is 12.1 Å². The molecular weight excluding hydrogens is 234 g/mol. The Bertz CT molecular complexity index is 411. The summed E-state index contributed by atoms with van der Waals surface area (Å²) >= 11 is 0. The summed E-state index contributed by atoms with van der Waals surface area (Å²) in [7, 11) is 0. The Hall–Kier alpha value is -0.860. The Kier molecular flexibility index (Phi) is 4.19. The number of fused-ring (bicyclic) bond motifs is 1. The highest BCUT2D eigenvalue weighted by Gasteiger charge is 2.29. The van der Waals surface area contributed by atoms with Gasteiger partial charge in [0.1, 0.15) is 0 Å². The summed E-state index contributed by atoms with van der Waals surface area (Å²) in [6, 6.07) is 9.52. The van der Waals surface area contributed by atoms with Crippen molar-refractivity contribution in [2.45, 2.75) is 57.1 Å². The van der Waals surface area contributed by atoms with Crippen LogP contribution in [0.5, 0.6) is 0 Å². The van der Waals surface area contributed by atoms with Gasteiger partial charge in [-0.2, -0.15) is 0 Å². The molecule has 1 heterocycles. The lowest BCUT2D eigenvalue weighted by atomic mass is 9.74. The zero-order chi connectivity index (χ0) is 13.1. The smallest absolute Gasteiger partial charge is 0.0590 e. The van der Waals surface area contributed by atoms with Gasteiger partial charge in [0.05, 0.1) is 6.10 Å². The highest BCUT2D eigenvalue weighted by atomic mass is 16.5. The number of nitrogens with one attached hydrogen (secondary N) is 1. The van der Waals surface area contributed by atoms with Crippen LogP contribution in [0.2, 0.25) is 0 Å². The normalized spacial score (nSPS) is 26.8. The molecule has 2 heteroatoms. The van der Waals surface area contributed by atoms with Crippen LogP contribution in [0.3, 0.4) is 0 Å². The zero-order valence-electron chi connectivity index (χ0n) is 11.9. The molecule has 3 unspecified atom stereocenters. The number of rotatable bonds is 6. The zero-order valence-corrected chi connectivity index (χ0v) is 11.9. The molecule has 1 aromatic rings. The molecule has 0 amide bonds. The van der Waals surface area contributed by atoms with Crippen molar-refractivity contribution in [1.82, 2.24) is 5.32 Å². The highest BCUT2D eigenvalue weighted by Crippen LogP contribution is 2.38. The molecule has 1 aromatic carbocycles. The lowest BCUT2D eigenvalue weighted by molar-refractivity contribution is 0.0926. The van der Waals surface area contributed by atoms with Crippen molar-refractivity contribution >= 4 is 0 Å². The van der Waals surface area contributed by atoms with Gasteiger partial charge in [0.15, 0.2) is 0 Å². The Morgan fingerprint density at radius 2 is 2.21 bits per heavy atom. The Labute approximate surface area is 116 Å². The van der Waals surface area contributed by atoms with Gasteiger partial charge in [0, 0.05) is 12.6 Å². The van der Waals surface area contributed by atoms with E-state index in [1.165, 1.54) is 32.1 Å². The van der Waals surface area contributed by atoms with Gasteiger partial charge in [-0.3, -0.25) is 0 Å². The van der Waals surface area contributed by atoms with Crippen LogP contribution in [0.25, 0.3) is 0 Å². The Morgan fingerprint density at radius 3 is 2.95 bits per heavy atom. The van der Waals surface area contributed by atoms with E-state index >= 15 is 0 Å². The summed E-state index contributed by atoms with van der Waals surface area (Å²) in [5.41, 5.74) is 3.14. The van der Waals surface area contributed by atoms with Crippen molar-refractivity contribution in [3.8, 4) is 0 Å². The Morgan fingerprint density at radius 1 is 1.32 bits per heavy atom. The van der Waals surface area contributed by atoms with E-state index < -0.39 is 0 Å². The first kappa shape index (κ1) is 13.1. The van der Waals surface area contributed by atoms with E-state index in [1.54, 1.807) is 11.1 Å². The van der Waals surface area contributed by atoms with E-state index in [1.807, 2.05) is 0 Å². The average molecular weight is 259 g/mol. The molecule has 0 aromatic heterocycles. The summed E-state index contributed by atoms with van der Waals surface area (Å²) < 4.78 is 5.79. The molecule has 1 N–H and O–H groups in total. The van der Waals surface area contributed by atoms with Crippen molar-refractivity contribution in [1.29, 1.82) is 0 Å². The van der Waals surface area contributed by atoms with Crippen LogP contribution < -0.4 is 5.32 Å². The highest BCUT2D eigenvalue weighted by molar-refractivity contribution is 5.39. The van der Waals surface area contributed by atoms with Crippen molar-refractivity contribution in [2.75, 3.05) is 13.2 Å². The number of hydrogen-bond acceptors (Lipinski definition) is 2. The van der Waals surface area contributed by atoms with Crippen LogP contribution in [0.15, 0.2) is 24.3 Å². The minimum absolute atomic E-state index is 0.499. The van der Waals surface area contributed by atoms with Crippen LogP contribution in [0.1, 0.15) is 49.7 Å². The standard InChI is InChI=1S/C17H25NO/c1-2-18-15(12-16-7-5-9-19-16)11-14-10-13-6-3-4-8-17(13)14/h3-4,6,8,14-16,18H,2,5,7,9-12H2,1H3. The lowest BCUT2D eigenvalue weighted by Gasteiger charge is -2.34. The van der Waals surface area contributed by atoms with Gasteiger partial charge >= 0.3 is 0 Å². The molecule has 0 saturated carbocycles. The summed E-state index contributed by atoms with van der Waals surface area (Å²) in [5.74, 6) is 0.765. The van der Waals surface area contributed by atoms with E-state index in [2.05, 4.69) is 36.5 Å². The van der Waals surface area contributed by atoms with E-state index in [9.17, 15) is 0 Å². The lowest BCUT2D eigenvalue weighted by Crippen LogP contribution is -2.36. The maximum atomic E-state index is 5.79. The number of benzene rings is 1. The predicted molar refractivity (Wildman–Crippen MR) is 78.6 cm³/mol. The van der Waals surface area contributed by atoms with Crippen molar-refractivity contribution in [3.05, 3.63) is 35.4 Å². The van der Waals surface area contributed by atoms with Gasteiger partial charge in [-0.15, -0.1) is 0 Å². The van der Waals surface area contributed by atoms with Crippen LogP contribution in [0.4, 0.5) is 0 Å². The van der Waals surface area contributed by atoms with Crippen molar-refractivity contribution in [2.24, 2.45) is 0 Å². The molecule has 1 aliphatic carbocycles. The molecule has 0 spiro atoms. The topological polar surface area (TPSA) is 21.3 Å². The van der Waals surface area contributed by atoms with Gasteiger partial charge in [0.2, 0.25) is 0 Å². The minimum Gasteiger partial charge on any atom is -0.378 e. The first-order valence-corrected chi connectivity index (χ1v) is 7.79. The van der Waals surface area contributed by atoms with Crippen molar-refractivity contribution in [3.63, 3.8) is 0 Å². The molecular formula is C17H25NO. The SMILES string of the molecule is CCNC(CC1CCCO1)CC1Cc2ccccc21. The second kappa shape index (κ2) is 6.06. The fourth-order valence-corrected chi connectivity index (χ4v) is 3.62. The third kappa shape index (κ3) is 3.01. The molecule has 3 atom stereocenters. The van der Waals surface area contributed by atoms with E-state index in [-0.39, 0.29) is 0 Å². The largest absolute Gasteiger partial charge is 0.378 e. The molecule has 0 radical (unpaired) electrons. The molecule has 2 aliphatic rings. The van der Waals surface area contributed by atoms with Crippen molar-refractivity contribution < 1.29 is 4.74 Å². The molecule has 1 fully saturated rings. The first-order valence-electron chi connectivity index (χ1n) is 7.79. The number of ether oxygens (including phenoxy) is 1. The second-order valence-corrected chi connectivity index (χ2v) is 5.96. The van der Waals surface area contributed by atoms with Crippen LogP contribution in [0, 0.1) is 0 Å². The summed E-state index contributed by atoms with van der Waals surface area (Å²) in [4.78, 5) is 0. The average Bonchev–Trinajstić information content (AvgIpc) is 2.89. The van der Waals surface area contributed by atoms with Gasteiger partial charge in [-0.05, 0) is 55.7 Å². The molecule has 3 rings (SSSR count). The van der Waals surface area contributed by atoms with E-state index in [0.717, 1.165) is 19.1 Å². The third-order valence-electron chi connectivity index (χ3n) is 4.59. The second-order valence-electron chi connectivity index (χ2n) is 5.96. The molecule has 104 valence electrons. The van der Waals surface area contributed by atoms with Gasteiger partial charge in [-0.25, -0.2) is 0 Å². The summed E-state index contributed by atoms with van der Waals surface area (Å²) in [6.45, 7) is 4.23. The minimum atomic E-state index is 0.499. The summed E-state index contributed by atoms with van der Waals surface area (Å²) in [6.07, 6.45) is 6.72. The molecule has 1 aliphatic heterocycles. The quantitative estimate of drug-likeness (QED) is 0.846. The molecule has 2 nitrogen and oxygen atoms in total. The van der Waals surface area contributed by atoms with Crippen LogP contribution >= 0.6 is 0 Å². The first-order chi connectivity index (χ1) is 9.36. The number of hydrogen-bond donors (Lipinski definition) is 1. The monoisotopic (exact) mass is 259 g/mol. The summed E-state index contributed by atoms with van der Waals surface area (Å²) in [5, 5.41) is 3.66. The maximum Gasteiger partial charge on any atom is 0.0590 e. The Balaban J connectivity index is 1.56. The third-order valence-corrected chi connectivity index (χ3v) is 4.59. The fourth-order valence-electron chi connectivity index (χ4n) is 3.62. The fraction of sp³-hybridized carbons (Fsp3) is 0.647.